The molecule has 0 unspecified atom stereocenters. The number of hydrogen-bond acceptors (Lipinski definition) is 4. The summed E-state index contributed by atoms with van der Waals surface area (Å²) in [7, 11) is 3.35. The van der Waals surface area contributed by atoms with Crippen molar-refractivity contribution in [2.75, 3.05) is 7.11 Å². The Hall–Kier alpha value is -3.27. The van der Waals surface area contributed by atoms with Crippen molar-refractivity contribution in [3.63, 3.8) is 0 Å². The van der Waals surface area contributed by atoms with E-state index in [0.29, 0.717) is 23.5 Å². The molecule has 0 saturated carbocycles. The van der Waals surface area contributed by atoms with E-state index in [1.54, 1.807) is 18.7 Å². The fraction of sp³-hybridized carbons (Fsp3) is 0.278. The Morgan fingerprint density at radius 1 is 1.20 bits per heavy atom. The third kappa shape index (κ3) is 2.52. The van der Waals surface area contributed by atoms with Gasteiger partial charge in [0.15, 0.2) is 11.2 Å². The summed E-state index contributed by atoms with van der Waals surface area (Å²) in [5.74, 6) is 3.68. The van der Waals surface area contributed by atoms with Crippen LogP contribution in [0.2, 0.25) is 0 Å². The highest BCUT2D eigenvalue weighted by atomic mass is 16.5. The van der Waals surface area contributed by atoms with Crippen LogP contribution in [0.15, 0.2) is 33.9 Å². The first-order valence-corrected chi connectivity index (χ1v) is 7.81. The molecule has 1 aromatic carbocycles. The topological polar surface area (TPSA) is 71.1 Å². The number of hydrogen-bond donors (Lipinski definition) is 0. The van der Waals surface area contributed by atoms with Gasteiger partial charge in [-0.1, -0.05) is 5.92 Å². The highest BCUT2D eigenvalue weighted by Crippen LogP contribution is 2.23. The summed E-state index contributed by atoms with van der Waals surface area (Å²) in [6.07, 6.45) is 5.30. The minimum atomic E-state index is -0.447. The molecule has 25 heavy (non-hydrogen) atoms. The van der Waals surface area contributed by atoms with Crippen LogP contribution < -0.4 is 16.0 Å². The second kappa shape index (κ2) is 6.32. The summed E-state index contributed by atoms with van der Waals surface area (Å²) in [6, 6.07) is 7.35. The van der Waals surface area contributed by atoms with E-state index < -0.39 is 11.2 Å². The molecule has 0 aliphatic rings. The molecular formula is C18H18N4O3. The van der Waals surface area contributed by atoms with Crippen LogP contribution in [-0.4, -0.2) is 25.8 Å². The maximum absolute atomic E-state index is 12.7. The van der Waals surface area contributed by atoms with Crippen molar-refractivity contribution in [2.45, 2.75) is 20.0 Å². The largest absolute Gasteiger partial charge is 0.497 e. The van der Waals surface area contributed by atoms with Gasteiger partial charge in [0.25, 0.3) is 5.56 Å². The summed E-state index contributed by atoms with van der Waals surface area (Å²) in [6.45, 7) is 2.14. The van der Waals surface area contributed by atoms with E-state index in [0.717, 1.165) is 15.9 Å². The molecule has 0 bridgehead atoms. The number of imidazole rings is 1. The first kappa shape index (κ1) is 16.6. The van der Waals surface area contributed by atoms with Gasteiger partial charge in [-0.05, 0) is 31.2 Å². The van der Waals surface area contributed by atoms with Gasteiger partial charge in [0.2, 0.25) is 0 Å². The number of aromatic nitrogens is 4. The highest BCUT2D eigenvalue weighted by Gasteiger charge is 2.19. The Balaban J connectivity index is 2.36. The van der Waals surface area contributed by atoms with Gasteiger partial charge in [-0.25, -0.2) is 14.3 Å². The Morgan fingerprint density at radius 2 is 1.88 bits per heavy atom. The zero-order valence-electron chi connectivity index (χ0n) is 14.3. The van der Waals surface area contributed by atoms with E-state index in [1.165, 1.54) is 4.57 Å². The Morgan fingerprint density at radius 3 is 2.44 bits per heavy atom. The number of terminal acetylenes is 1. The average Bonchev–Trinajstić information content (AvgIpc) is 2.96. The van der Waals surface area contributed by atoms with Crippen molar-refractivity contribution in [2.24, 2.45) is 7.05 Å². The molecule has 2 heterocycles. The third-order valence-electron chi connectivity index (χ3n) is 4.16. The van der Waals surface area contributed by atoms with Crippen LogP contribution in [0.4, 0.5) is 0 Å². The summed E-state index contributed by atoms with van der Waals surface area (Å²) < 4.78 is 9.38. The van der Waals surface area contributed by atoms with Crippen molar-refractivity contribution in [3.05, 3.63) is 45.1 Å². The number of methoxy groups -OCH3 is 1. The summed E-state index contributed by atoms with van der Waals surface area (Å²) in [5, 5.41) is 0. The van der Waals surface area contributed by atoms with Gasteiger partial charge in [-0.3, -0.25) is 9.36 Å². The minimum Gasteiger partial charge on any atom is -0.497 e. The molecule has 0 amide bonds. The smallest absolute Gasteiger partial charge is 0.333 e. The number of fused-ring (bicyclic) bond motifs is 1. The Kier molecular flexibility index (Phi) is 4.19. The van der Waals surface area contributed by atoms with E-state index in [1.807, 2.05) is 31.2 Å². The molecule has 0 aliphatic heterocycles. The van der Waals surface area contributed by atoms with Crippen LogP contribution in [-0.2, 0) is 20.1 Å². The second-order valence-electron chi connectivity index (χ2n) is 5.52. The van der Waals surface area contributed by atoms with Crippen molar-refractivity contribution >= 4 is 11.2 Å². The lowest BCUT2D eigenvalue weighted by atomic mass is 10.2. The van der Waals surface area contributed by atoms with E-state index in [4.69, 9.17) is 11.2 Å². The second-order valence-corrected chi connectivity index (χ2v) is 5.52. The molecule has 0 radical (unpaired) electrons. The molecule has 3 rings (SSSR count). The first-order chi connectivity index (χ1) is 12.0. The molecular weight excluding hydrogens is 320 g/mol. The summed E-state index contributed by atoms with van der Waals surface area (Å²) in [5.41, 5.74) is 0.647. The zero-order valence-corrected chi connectivity index (χ0v) is 14.3. The molecule has 2 aromatic heterocycles. The monoisotopic (exact) mass is 338 g/mol. The fourth-order valence-corrected chi connectivity index (χ4v) is 2.88. The Labute approximate surface area is 144 Å². The number of ether oxygens (including phenoxy) is 1. The lowest BCUT2D eigenvalue weighted by Crippen LogP contribution is -2.40. The van der Waals surface area contributed by atoms with Crippen LogP contribution in [0, 0.1) is 12.3 Å². The fourth-order valence-electron chi connectivity index (χ4n) is 2.88. The molecule has 0 atom stereocenters. The molecule has 7 heteroatoms. The van der Waals surface area contributed by atoms with Gasteiger partial charge >= 0.3 is 5.69 Å². The van der Waals surface area contributed by atoms with Crippen LogP contribution in [0.5, 0.6) is 5.75 Å². The predicted octanol–water partition coefficient (Wildman–Crippen LogP) is 1.23. The van der Waals surface area contributed by atoms with Crippen LogP contribution in [0.25, 0.3) is 22.6 Å². The SMILES string of the molecule is C#CCn1c(=O)c2c(nc(-c3ccc(OC)cc3)n2C)n(CC)c1=O. The van der Waals surface area contributed by atoms with Crippen LogP contribution in [0.1, 0.15) is 6.92 Å². The van der Waals surface area contributed by atoms with Crippen molar-refractivity contribution in [1.29, 1.82) is 0 Å². The number of nitrogens with zero attached hydrogens (tertiary/aromatic N) is 4. The van der Waals surface area contributed by atoms with E-state index >= 15 is 0 Å². The third-order valence-corrected chi connectivity index (χ3v) is 4.16. The average molecular weight is 338 g/mol. The molecule has 7 nitrogen and oxygen atoms in total. The van der Waals surface area contributed by atoms with Crippen molar-refractivity contribution < 1.29 is 4.74 Å². The molecule has 0 fully saturated rings. The van der Waals surface area contributed by atoms with Gasteiger partial charge < -0.3 is 9.30 Å². The van der Waals surface area contributed by atoms with Crippen LogP contribution >= 0.6 is 0 Å². The molecule has 128 valence electrons. The van der Waals surface area contributed by atoms with Crippen LogP contribution in [0.3, 0.4) is 0 Å². The van der Waals surface area contributed by atoms with Gasteiger partial charge in [0, 0.05) is 19.2 Å². The number of benzene rings is 1. The maximum Gasteiger partial charge on any atom is 0.333 e. The van der Waals surface area contributed by atoms with E-state index in [9.17, 15) is 9.59 Å². The van der Waals surface area contributed by atoms with Gasteiger partial charge in [-0.15, -0.1) is 6.42 Å². The molecule has 3 aromatic rings. The zero-order chi connectivity index (χ0) is 18.1. The standard InChI is InChI=1S/C18H18N4O3/c1-5-11-22-17(23)14-16(21(6-2)18(22)24)19-15(20(14)3)12-7-9-13(25-4)10-8-12/h1,7-10H,6,11H2,2-4H3. The van der Waals surface area contributed by atoms with E-state index in [-0.39, 0.29) is 6.54 Å². The Bertz CT molecular complexity index is 1100. The summed E-state index contributed by atoms with van der Waals surface area (Å²) in [4.78, 5) is 29.8. The molecule has 0 aliphatic carbocycles. The normalized spacial score (nSPS) is 10.8. The highest BCUT2D eigenvalue weighted by molar-refractivity contribution is 5.77. The number of aryl methyl sites for hydroxylation is 2. The lowest BCUT2D eigenvalue weighted by Gasteiger charge is -2.07. The molecule has 0 saturated heterocycles. The summed E-state index contributed by atoms with van der Waals surface area (Å²) >= 11 is 0. The molecule has 0 spiro atoms. The predicted molar refractivity (Wildman–Crippen MR) is 95.7 cm³/mol. The minimum absolute atomic E-state index is 0.0728. The van der Waals surface area contributed by atoms with E-state index in [2.05, 4.69) is 10.9 Å². The number of rotatable bonds is 4. The molecule has 0 N–H and O–H groups in total. The first-order valence-electron chi connectivity index (χ1n) is 7.81. The van der Waals surface area contributed by atoms with Gasteiger partial charge in [0.05, 0.1) is 13.7 Å². The van der Waals surface area contributed by atoms with Gasteiger partial charge in [0.1, 0.15) is 11.6 Å². The lowest BCUT2D eigenvalue weighted by molar-refractivity contribution is 0.415. The van der Waals surface area contributed by atoms with Crippen molar-refractivity contribution in [1.82, 2.24) is 18.7 Å². The van der Waals surface area contributed by atoms with Gasteiger partial charge in [-0.2, -0.15) is 0 Å². The quantitative estimate of drug-likeness (QED) is 0.671. The van der Waals surface area contributed by atoms with Crippen molar-refractivity contribution in [3.8, 4) is 29.5 Å². The maximum atomic E-state index is 12.7.